The molecule has 68 valence electrons. The Morgan fingerprint density at radius 3 is 2.54 bits per heavy atom. The van der Waals surface area contributed by atoms with Crippen molar-refractivity contribution in [3.05, 3.63) is 23.3 Å². The smallest absolute Gasteiger partial charge is 0.183 e. The van der Waals surface area contributed by atoms with Gasteiger partial charge in [-0.1, -0.05) is 0 Å². The van der Waals surface area contributed by atoms with Crippen molar-refractivity contribution in [2.24, 2.45) is 0 Å². The lowest BCUT2D eigenvalue weighted by Crippen LogP contribution is -2.46. The molecule has 0 amide bonds. The zero-order chi connectivity index (χ0) is 9.42. The maximum atomic E-state index is 11.4. The van der Waals surface area contributed by atoms with E-state index in [1.54, 1.807) is 6.92 Å². The van der Waals surface area contributed by atoms with Crippen LogP contribution in [0.3, 0.4) is 0 Å². The lowest BCUT2D eigenvalue weighted by Gasteiger charge is -2.29. The van der Waals surface area contributed by atoms with Gasteiger partial charge in [0.05, 0.1) is 0 Å². The van der Waals surface area contributed by atoms with E-state index in [0.717, 1.165) is 13.0 Å². The lowest BCUT2D eigenvalue weighted by molar-refractivity contribution is -0.115. The summed E-state index contributed by atoms with van der Waals surface area (Å²) in [5.41, 5.74) is 1.16. The number of hydrogen-bond donors (Lipinski definition) is 1. The first-order chi connectivity index (χ1) is 6.18. The Labute approximate surface area is 76.5 Å². The molecule has 0 spiro atoms. The highest BCUT2D eigenvalue weighted by molar-refractivity contribution is 6.20. The Hall–Kier alpha value is -1.22. The molecular weight excluding hydrogens is 166 g/mol. The SMILES string of the molecule is CC1=CC(=O)C([C@@H]2CCN2)=CC1=O. The second kappa shape index (κ2) is 2.92. The van der Waals surface area contributed by atoms with Gasteiger partial charge >= 0.3 is 0 Å². The third-order valence-corrected chi connectivity index (χ3v) is 2.51. The van der Waals surface area contributed by atoms with Crippen LogP contribution in [0.2, 0.25) is 0 Å². The Kier molecular flexibility index (Phi) is 1.88. The molecule has 1 aliphatic carbocycles. The van der Waals surface area contributed by atoms with Gasteiger partial charge in [-0.3, -0.25) is 9.59 Å². The average Bonchev–Trinajstić information content (AvgIpc) is 1.96. The van der Waals surface area contributed by atoms with E-state index in [2.05, 4.69) is 5.32 Å². The van der Waals surface area contributed by atoms with Crippen molar-refractivity contribution in [3.8, 4) is 0 Å². The molecule has 0 saturated carbocycles. The molecule has 0 aromatic rings. The number of allylic oxidation sites excluding steroid dienone is 3. The van der Waals surface area contributed by atoms with E-state index in [-0.39, 0.29) is 17.6 Å². The highest BCUT2D eigenvalue weighted by atomic mass is 16.1. The highest BCUT2D eigenvalue weighted by Crippen LogP contribution is 2.19. The fourth-order valence-corrected chi connectivity index (χ4v) is 1.50. The normalized spacial score (nSPS) is 27.9. The summed E-state index contributed by atoms with van der Waals surface area (Å²) < 4.78 is 0. The number of ketones is 2. The molecule has 0 radical (unpaired) electrons. The molecule has 3 heteroatoms. The summed E-state index contributed by atoms with van der Waals surface area (Å²) in [6.45, 7) is 2.61. The van der Waals surface area contributed by atoms with Gasteiger partial charge in [0.1, 0.15) is 0 Å². The van der Waals surface area contributed by atoms with Crippen LogP contribution < -0.4 is 5.32 Å². The van der Waals surface area contributed by atoms with Crippen LogP contribution in [0.4, 0.5) is 0 Å². The van der Waals surface area contributed by atoms with E-state index >= 15 is 0 Å². The van der Waals surface area contributed by atoms with Gasteiger partial charge in [0.2, 0.25) is 0 Å². The molecule has 0 aromatic carbocycles. The van der Waals surface area contributed by atoms with Gasteiger partial charge in [-0.15, -0.1) is 0 Å². The van der Waals surface area contributed by atoms with Crippen LogP contribution >= 0.6 is 0 Å². The zero-order valence-corrected chi connectivity index (χ0v) is 7.46. The van der Waals surface area contributed by atoms with E-state index in [1.165, 1.54) is 12.2 Å². The Bertz CT molecular complexity index is 335. The van der Waals surface area contributed by atoms with E-state index in [0.29, 0.717) is 11.1 Å². The molecule has 0 aromatic heterocycles. The van der Waals surface area contributed by atoms with Crippen molar-refractivity contribution in [1.82, 2.24) is 5.32 Å². The van der Waals surface area contributed by atoms with Crippen LogP contribution in [0.15, 0.2) is 23.3 Å². The zero-order valence-electron chi connectivity index (χ0n) is 7.46. The van der Waals surface area contributed by atoms with E-state index in [1.807, 2.05) is 0 Å². The van der Waals surface area contributed by atoms with Crippen LogP contribution in [-0.2, 0) is 9.59 Å². The maximum absolute atomic E-state index is 11.4. The molecule has 2 aliphatic rings. The molecule has 1 saturated heterocycles. The summed E-state index contributed by atoms with van der Waals surface area (Å²) in [5.74, 6) is -0.0578. The first-order valence-corrected chi connectivity index (χ1v) is 4.40. The van der Waals surface area contributed by atoms with E-state index in [9.17, 15) is 9.59 Å². The van der Waals surface area contributed by atoms with Crippen LogP contribution in [0.1, 0.15) is 13.3 Å². The predicted molar refractivity (Wildman–Crippen MR) is 48.3 cm³/mol. The molecule has 1 heterocycles. The third kappa shape index (κ3) is 1.35. The summed E-state index contributed by atoms with van der Waals surface area (Å²) in [4.78, 5) is 22.7. The predicted octanol–water partition coefficient (Wildman–Crippen LogP) is 0.373. The second-order valence-electron chi connectivity index (χ2n) is 3.45. The molecule has 2 rings (SSSR count). The molecule has 1 aliphatic heterocycles. The lowest BCUT2D eigenvalue weighted by atomic mass is 9.88. The van der Waals surface area contributed by atoms with Crippen LogP contribution in [0, 0.1) is 0 Å². The summed E-state index contributed by atoms with van der Waals surface area (Å²) in [6.07, 6.45) is 3.85. The largest absolute Gasteiger partial charge is 0.310 e. The van der Waals surface area contributed by atoms with Gasteiger partial charge in [0.25, 0.3) is 0 Å². The van der Waals surface area contributed by atoms with Crippen molar-refractivity contribution < 1.29 is 9.59 Å². The van der Waals surface area contributed by atoms with Gasteiger partial charge in [0.15, 0.2) is 11.6 Å². The van der Waals surface area contributed by atoms with Gasteiger partial charge in [0, 0.05) is 17.2 Å². The number of hydrogen-bond acceptors (Lipinski definition) is 3. The topological polar surface area (TPSA) is 46.2 Å². The van der Waals surface area contributed by atoms with Gasteiger partial charge in [-0.2, -0.15) is 0 Å². The quantitative estimate of drug-likeness (QED) is 0.589. The van der Waals surface area contributed by atoms with Crippen LogP contribution in [0.5, 0.6) is 0 Å². The Morgan fingerprint density at radius 2 is 2.00 bits per heavy atom. The van der Waals surface area contributed by atoms with Crippen molar-refractivity contribution in [2.45, 2.75) is 19.4 Å². The minimum Gasteiger partial charge on any atom is -0.310 e. The van der Waals surface area contributed by atoms with Crippen molar-refractivity contribution in [2.75, 3.05) is 6.54 Å². The van der Waals surface area contributed by atoms with Gasteiger partial charge in [-0.25, -0.2) is 0 Å². The fourth-order valence-electron chi connectivity index (χ4n) is 1.50. The number of nitrogens with one attached hydrogen (secondary N) is 1. The first kappa shape index (κ1) is 8.38. The molecule has 1 fully saturated rings. The molecular formula is C10H11NO2. The average molecular weight is 177 g/mol. The summed E-state index contributed by atoms with van der Waals surface area (Å²) >= 11 is 0. The minimum absolute atomic E-state index is 0.0192. The second-order valence-corrected chi connectivity index (χ2v) is 3.45. The van der Waals surface area contributed by atoms with Crippen molar-refractivity contribution in [3.63, 3.8) is 0 Å². The molecule has 1 N–H and O–H groups in total. The first-order valence-electron chi connectivity index (χ1n) is 4.40. The van der Waals surface area contributed by atoms with E-state index < -0.39 is 0 Å². The maximum Gasteiger partial charge on any atom is 0.183 e. The summed E-state index contributed by atoms with van der Waals surface area (Å²) in [7, 11) is 0. The Morgan fingerprint density at radius 1 is 1.31 bits per heavy atom. The molecule has 0 bridgehead atoms. The summed E-state index contributed by atoms with van der Waals surface area (Å²) in [6, 6.07) is 0.112. The minimum atomic E-state index is -0.0386. The number of carbonyl (C=O) groups excluding carboxylic acids is 2. The third-order valence-electron chi connectivity index (χ3n) is 2.51. The van der Waals surface area contributed by atoms with Crippen molar-refractivity contribution >= 4 is 11.6 Å². The van der Waals surface area contributed by atoms with E-state index in [4.69, 9.17) is 0 Å². The highest BCUT2D eigenvalue weighted by Gasteiger charge is 2.28. The van der Waals surface area contributed by atoms with Crippen molar-refractivity contribution in [1.29, 1.82) is 0 Å². The van der Waals surface area contributed by atoms with Gasteiger partial charge in [-0.05, 0) is 32.0 Å². The number of carbonyl (C=O) groups is 2. The van der Waals surface area contributed by atoms with Gasteiger partial charge < -0.3 is 5.32 Å². The molecule has 1 atom stereocenters. The fraction of sp³-hybridized carbons (Fsp3) is 0.400. The molecule has 13 heavy (non-hydrogen) atoms. The standard InChI is InChI=1S/C10H11NO2/c1-6-4-10(13)7(5-9(6)12)8-2-3-11-8/h4-5,8,11H,2-3H2,1H3/t8-/m0/s1. The summed E-state index contributed by atoms with van der Waals surface area (Å²) in [5, 5.41) is 3.11. The van der Waals surface area contributed by atoms with Crippen LogP contribution in [0.25, 0.3) is 0 Å². The number of rotatable bonds is 1. The molecule has 3 nitrogen and oxygen atoms in total. The Balaban J connectivity index is 2.24. The van der Waals surface area contributed by atoms with Crippen LogP contribution in [-0.4, -0.2) is 24.2 Å². The molecule has 0 unspecified atom stereocenters. The monoisotopic (exact) mass is 177 g/mol.